The SMILES string of the molecule is Cc1ccccc1C(C)NC(=O)C(C)NC1CCCCC1C. The van der Waals surface area contributed by atoms with Gasteiger partial charge in [0.05, 0.1) is 12.1 Å². The first-order chi connectivity index (χ1) is 10.5. The van der Waals surface area contributed by atoms with Crippen LogP contribution in [0.25, 0.3) is 0 Å². The first-order valence-electron chi connectivity index (χ1n) is 8.61. The molecule has 1 aliphatic carbocycles. The van der Waals surface area contributed by atoms with E-state index in [-0.39, 0.29) is 18.0 Å². The Balaban J connectivity index is 1.89. The molecule has 1 aromatic carbocycles. The summed E-state index contributed by atoms with van der Waals surface area (Å²) in [5.74, 6) is 0.756. The van der Waals surface area contributed by atoms with E-state index in [4.69, 9.17) is 0 Å². The normalized spacial score (nSPS) is 24.5. The molecule has 122 valence electrons. The highest BCUT2D eigenvalue weighted by atomic mass is 16.2. The van der Waals surface area contributed by atoms with Crippen LogP contribution in [0.3, 0.4) is 0 Å². The van der Waals surface area contributed by atoms with Gasteiger partial charge in [-0.1, -0.05) is 44.0 Å². The fraction of sp³-hybridized carbons (Fsp3) is 0.632. The van der Waals surface area contributed by atoms with Gasteiger partial charge in [0.1, 0.15) is 0 Å². The lowest BCUT2D eigenvalue weighted by Gasteiger charge is -2.32. The van der Waals surface area contributed by atoms with Gasteiger partial charge in [-0.05, 0) is 50.7 Å². The van der Waals surface area contributed by atoms with Crippen molar-refractivity contribution in [3.05, 3.63) is 35.4 Å². The smallest absolute Gasteiger partial charge is 0.237 e. The molecule has 0 aliphatic heterocycles. The lowest BCUT2D eigenvalue weighted by molar-refractivity contribution is -0.123. The van der Waals surface area contributed by atoms with Gasteiger partial charge in [0.2, 0.25) is 5.91 Å². The zero-order chi connectivity index (χ0) is 16.1. The zero-order valence-electron chi connectivity index (χ0n) is 14.4. The van der Waals surface area contributed by atoms with Crippen LogP contribution in [0.15, 0.2) is 24.3 Å². The van der Waals surface area contributed by atoms with Gasteiger partial charge in [0.15, 0.2) is 0 Å². The van der Waals surface area contributed by atoms with Gasteiger partial charge < -0.3 is 10.6 Å². The van der Waals surface area contributed by atoms with Crippen LogP contribution in [-0.2, 0) is 4.79 Å². The monoisotopic (exact) mass is 302 g/mol. The van der Waals surface area contributed by atoms with Crippen LogP contribution in [0, 0.1) is 12.8 Å². The van der Waals surface area contributed by atoms with Crippen molar-refractivity contribution in [1.82, 2.24) is 10.6 Å². The second-order valence-corrected chi connectivity index (χ2v) is 6.84. The summed E-state index contributed by atoms with van der Waals surface area (Å²) in [5.41, 5.74) is 2.41. The van der Waals surface area contributed by atoms with Crippen LogP contribution >= 0.6 is 0 Å². The van der Waals surface area contributed by atoms with E-state index in [9.17, 15) is 4.79 Å². The highest BCUT2D eigenvalue weighted by Crippen LogP contribution is 2.24. The third kappa shape index (κ3) is 4.33. The van der Waals surface area contributed by atoms with Crippen molar-refractivity contribution in [2.75, 3.05) is 0 Å². The summed E-state index contributed by atoms with van der Waals surface area (Å²) in [5, 5.41) is 6.67. The van der Waals surface area contributed by atoms with Crippen LogP contribution in [0.4, 0.5) is 0 Å². The summed E-state index contributed by atoms with van der Waals surface area (Å²) in [7, 11) is 0. The summed E-state index contributed by atoms with van der Waals surface area (Å²) in [6, 6.07) is 8.60. The highest BCUT2D eigenvalue weighted by molar-refractivity contribution is 5.81. The number of nitrogens with one attached hydrogen (secondary N) is 2. The second kappa shape index (κ2) is 7.77. The maximum absolute atomic E-state index is 12.4. The molecule has 2 rings (SSSR count). The maximum Gasteiger partial charge on any atom is 0.237 e. The molecular weight excluding hydrogens is 272 g/mol. The minimum Gasteiger partial charge on any atom is -0.348 e. The van der Waals surface area contributed by atoms with E-state index in [0.717, 1.165) is 0 Å². The van der Waals surface area contributed by atoms with Crippen LogP contribution in [0.5, 0.6) is 0 Å². The van der Waals surface area contributed by atoms with Gasteiger partial charge in [0, 0.05) is 6.04 Å². The molecule has 0 bridgehead atoms. The molecule has 0 heterocycles. The summed E-state index contributed by atoms with van der Waals surface area (Å²) in [4.78, 5) is 12.4. The minimum atomic E-state index is -0.142. The van der Waals surface area contributed by atoms with Crippen molar-refractivity contribution in [2.24, 2.45) is 5.92 Å². The number of rotatable bonds is 5. The van der Waals surface area contributed by atoms with E-state index >= 15 is 0 Å². The molecule has 0 aromatic heterocycles. The Morgan fingerprint density at radius 2 is 1.86 bits per heavy atom. The van der Waals surface area contributed by atoms with Crippen molar-refractivity contribution in [2.45, 2.75) is 71.5 Å². The largest absolute Gasteiger partial charge is 0.348 e. The topological polar surface area (TPSA) is 41.1 Å². The van der Waals surface area contributed by atoms with Crippen LogP contribution < -0.4 is 10.6 Å². The molecule has 1 saturated carbocycles. The molecule has 1 aliphatic rings. The molecule has 22 heavy (non-hydrogen) atoms. The number of carbonyl (C=O) groups excluding carboxylic acids is 1. The van der Waals surface area contributed by atoms with E-state index in [1.54, 1.807) is 0 Å². The van der Waals surface area contributed by atoms with E-state index in [0.29, 0.717) is 12.0 Å². The number of aryl methyl sites for hydroxylation is 1. The molecule has 4 unspecified atom stereocenters. The Morgan fingerprint density at radius 3 is 2.55 bits per heavy atom. The van der Waals surface area contributed by atoms with Crippen molar-refractivity contribution < 1.29 is 4.79 Å². The summed E-state index contributed by atoms with van der Waals surface area (Å²) in [6.07, 6.45) is 5.05. The Bertz CT molecular complexity index is 500. The zero-order valence-corrected chi connectivity index (χ0v) is 14.4. The average Bonchev–Trinajstić information content (AvgIpc) is 2.49. The first kappa shape index (κ1) is 17.0. The van der Waals surface area contributed by atoms with Gasteiger partial charge in [0.25, 0.3) is 0 Å². The molecule has 1 fully saturated rings. The third-order valence-corrected chi connectivity index (χ3v) is 4.98. The summed E-state index contributed by atoms with van der Waals surface area (Å²) < 4.78 is 0. The van der Waals surface area contributed by atoms with Gasteiger partial charge in [-0.3, -0.25) is 4.79 Å². The van der Waals surface area contributed by atoms with E-state index in [1.165, 1.54) is 36.8 Å². The minimum absolute atomic E-state index is 0.0433. The number of hydrogen-bond donors (Lipinski definition) is 2. The fourth-order valence-electron chi connectivity index (χ4n) is 3.45. The Hall–Kier alpha value is -1.35. The molecular formula is C19H30N2O. The maximum atomic E-state index is 12.4. The fourth-order valence-corrected chi connectivity index (χ4v) is 3.45. The number of benzene rings is 1. The van der Waals surface area contributed by atoms with Crippen molar-refractivity contribution >= 4 is 5.91 Å². The second-order valence-electron chi connectivity index (χ2n) is 6.84. The molecule has 0 saturated heterocycles. The molecule has 3 heteroatoms. The molecule has 3 nitrogen and oxygen atoms in total. The lowest BCUT2D eigenvalue weighted by Crippen LogP contribution is -2.49. The molecule has 0 spiro atoms. The molecule has 1 amide bonds. The Labute approximate surface area is 134 Å². The third-order valence-electron chi connectivity index (χ3n) is 4.98. The number of hydrogen-bond acceptors (Lipinski definition) is 2. The number of carbonyl (C=O) groups is 1. The average molecular weight is 302 g/mol. The summed E-state index contributed by atoms with van der Waals surface area (Å²) >= 11 is 0. The van der Waals surface area contributed by atoms with Gasteiger partial charge >= 0.3 is 0 Å². The first-order valence-corrected chi connectivity index (χ1v) is 8.61. The van der Waals surface area contributed by atoms with Crippen LogP contribution in [0.1, 0.15) is 63.6 Å². The van der Waals surface area contributed by atoms with E-state index in [1.807, 2.05) is 19.1 Å². The Kier molecular flexibility index (Phi) is 6.01. The molecule has 4 atom stereocenters. The molecule has 1 aromatic rings. The predicted octanol–water partition coefficient (Wildman–Crippen LogP) is 3.73. The van der Waals surface area contributed by atoms with Crippen LogP contribution in [0.2, 0.25) is 0 Å². The number of amides is 1. The van der Waals surface area contributed by atoms with Crippen molar-refractivity contribution in [3.63, 3.8) is 0 Å². The van der Waals surface area contributed by atoms with Crippen molar-refractivity contribution in [3.8, 4) is 0 Å². The van der Waals surface area contributed by atoms with E-state index in [2.05, 4.69) is 43.5 Å². The van der Waals surface area contributed by atoms with Gasteiger partial charge in [-0.25, -0.2) is 0 Å². The van der Waals surface area contributed by atoms with Gasteiger partial charge in [-0.15, -0.1) is 0 Å². The van der Waals surface area contributed by atoms with Gasteiger partial charge in [-0.2, -0.15) is 0 Å². The van der Waals surface area contributed by atoms with E-state index < -0.39 is 0 Å². The van der Waals surface area contributed by atoms with Crippen LogP contribution in [-0.4, -0.2) is 18.0 Å². The highest BCUT2D eigenvalue weighted by Gasteiger charge is 2.25. The molecule has 2 N–H and O–H groups in total. The quantitative estimate of drug-likeness (QED) is 0.870. The standard InChI is InChI=1S/C19H30N2O/c1-13-9-5-7-11-17(13)15(3)21-19(22)16(4)20-18-12-8-6-10-14(18)2/h5,7,9,11,14-16,18,20H,6,8,10,12H2,1-4H3,(H,21,22). The molecule has 0 radical (unpaired) electrons. The lowest BCUT2D eigenvalue weighted by atomic mass is 9.85. The predicted molar refractivity (Wildman–Crippen MR) is 91.8 cm³/mol. The Morgan fingerprint density at radius 1 is 1.18 bits per heavy atom. The van der Waals surface area contributed by atoms with Crippen molar-refractivity contribution in [1.29, 1.82) is 0 Å². The summed E-state index contributed by atoms with van der Waals surface area (Å²) in [6.45, 7) is 8.40.